The van der Waals surface area contributed by atoms with Crippen LogP contribution in [0.25, 0.3) is 0 Å². The molecule has 3 heteroatoms. The molecule has 1 aliphatic carbocycles. The van der Waals surface area contributed by atoms with Crippen LogP contribution in [0.3, 0.4) is 0 Å². The zero-order chi connectivity index (χ0) is 12.4. The zero-order valence-electron chi connectivity index (χ0n) is 11.1. The van der Waals surface area contributed by atoms with Crippen molar-refractivity contribution in [3.63, 3.8) is 0 Å². The summed E-state index contributed by atoms with van der Waals surface area (Å²) in [5.41, 5.74) is 0.331. The van der Waals surface area contributed by atoms with Gasteiger partial charge in [0.05, 0.1) is 7.18 Å². The van der Waals surface area contributed by atoms with Crippen LogP contribution in [0, 0.1) is 5.41 Å². The van der Waals surface area contributed by atoms with Gasteiger partial charge in [0.2, 0.25) is 0 Å². The van der Waals surface area contributed by atoms with E-state index < -0.39 is 0 Å². The van der Waals surface area contributed by atoms with Gasteiger partial charge in [0, 0.05) is 18.6 Å². The summed E-state index contributed by atoms with van der Waals surface area (Å²) in [6.07, 6.45) is 6.63. The summed E-state index contributed by atoms with van der Waals surface area (Å²) in [5, 5.41) is 9.16. The molecule has 2 nitrogen and oxygen atoms in total. The molecule has 0 radical (unpaired) electrons. The van der Waals surface area contributed by atoms with Crippen molar-refractivity contribution < 1.29 is 9.50 Å². The highest BCUT2D eigenvalue weighted by molar-refractivity contribution is 4.95. The van der Waals surface area contributed by atoms with E-state index in [9.17, 15) is 4.39 Å². The van der Waals surface area contributed by atoms with E-state index in [4.69, 9.17) is 5.11 Å². The first kappa shape index (κ1) is 15.9. The third-order valence-electron chi connectivity index (χ3n) is 3.30. The van der Waals surface area contributed by atoms with E-state index in [-0.39, 0.29) is 0 Å². The molecular formula is C13H28FNO. The first-order valence-corrected chi connectivity index (χ1v) is 6.56. The SMILES string of the molecule is CC.CF.OCC1(CN2CCCCC2)CC1. The molecule has 0 aromatic heterocycles. The van der Waals surface area contributed by atoms with Crippen molar-refractivity contribution >= 4 is 0 Å². The van der Waals surface area contributed by atoms with Gasteiger partial charge in [0.15, 0.2) is 0 Å². The average molecular weight is 233 g/mol. The molecular weight excluding hydrogens is 205 g/mol. The van der Waals surface area contributed by atoms with E-state index in [1.165, 1.54) is 45.2 Å². The molecule has 1 heterocycles. The van der Waals surface area contributed by atoms with E-state index in [2.05, 4.69) is 4.90 Å². The molecule has 2 fully saturated rings. The minimum Gasteiger partial charge on any atom is -0.396 e. The lowest BCUT2D eigenvalue weighted by molar-refractivity contribution is 0.133. The summed E-state index contributed by atoms with van der Waals surface area (Å²) in [7, 11) is 0.500. The van der Waals surface area contributed by atoms with Crippen molar-refractivity contribution in [3.05, 3.63) is 0 Å². The Balaban J connectivity index is 0.000000509. The molecule has 0 amide bonds. The lowest BCUT2D eigenvalue weighted by atomic mass is 10.1. The number of halogens is 1. The Labute approximate surface area is 99.8 Å². The topological polar surface area (TPSA) is 23.5 Å². The van der Waals surface area contributed by atoms with E-state index in [1.807, 2.05) is 13.8 Å². The standard InChI is InChI=1S/C10H19NO.C2H6.CH3F/c12-9-10(4-5-10)8-11-6-2-1-3-7-11;2*1-2/h12H,1-9H2;1-2H3;1H3. The molecule has 1 saturated carbocycles. The van der Waals surface area contributed by atoms with Crippen LogP contribution >= 0.6 is 0 Å². The minimum absolute atomic E-state index is 0.331. The lowest BCUT2D eigenvalue weighted by Crippen LogP contribution is -2.36. The Kier molecular flexibility index (Phi) is 8.86. The number of piperidine rings is 1. The van der Waals surface area contributed by atoms with Crippen LogP contribution in [0.5, 0.6) is 0 Å². The van der Waals surface area contributed by atoms with Gasteiger partial charge in [0.25, 0.3) is 0 Å². The van der Waals surface area contributed by atoms with Crippen molar-refractivity contribution in [3.8, 4) is 0 Å². The number of rotatable bonds is 3. The van der Waals surface area contributed by atoms with Crippen LogP contribution < -0.4 is 0 Å². The van der Waals surface area contributed by atoms with Gasteiger partial charge in [-0.15, -0.1) is 0 Å². The molecule has 0 unspecified atom stereocenters. The molecule has 1 aliphatic heterocycles. The van der Waals surface area contributed by atoms with Crippen molar-refractivity contribution in [1.82, 2.24) is 4.90 Å². The Hall–Kier alpha value is -0.150. The predicted molar refractivity (Wildman–Crippen MR) is 67.4 cm³/mol. The summed E-state index contributed by atoms with van der Waals surface area (Å²) < 4.78 is 9.50. The van der Waals surface area contributed by atoms with Gasteiger partial charge < -0.3 is 10.0 Å². The van der Waals surface area contributed by atoms with Crippen molar-refractivity contribution in [2.75, 3.05) is 33.4 Å². The molecule has 0 spiro atoms. The number of hydrogen-bond donors (Lipinski definition) is 1. The van der Waals surface area contributed by atoms with Gasteiger partial charge in [0.1, 0.15) is 0 Å². The quantitative estimate of drug-likeness (QED) is 0.810. The highest BCUT2D eigenvalue weighted by Gasteiger charge is 2.43. The zero-order valence-corrected chi connectivity index (χ0v) is 11.1. The first-order chi connectivity index (χ1) is 7.85. The van der Waals surface area contributed by atoms with Gasteiger partial charge in [-0.3, -0.25) is 4.39 Å². The Bertz CT molecular complexity index is 154. The van der Waals surface area contributed by atoms with Gasteiger partial charge in [-0.1, -0.05) is 20.3 Å². The highest BCUT2D eigenvalue weighted by Crippen LogP contribution is 2.45. The highest BCUT2D eigenvalue weighted by atomic mass is 19.1. The Morgan fingerprint density at radius 1 is 1.06 bits per heavy atom. The number of aliphatic hydroxyl groups excluding tert-OH is 1. The van der Waals surface area contributed by atoms with Crippen molar-refractivity contribution in [2.45, 2.75) is 46.0 Å². The number of aliphatic hydroxyl groups is 1. The monoisotopic (exact) mass is 233 g/mol. The molecule has 98 valence electrons. The molecule has 0 atom stereocenters. The molecule has 1 saturated heterocycles. The fourth-order valence-corrected chi connectivity index (χ4v) is 2.13. The average Bonchev–Trinajstić information content (AvgIpc) is 3.16. The normalized spacial score (nSPS) is 22.3. The Morgan fingerprint density at radius 2 is 1.56 bits per heavy atom. The second kappa shape index (κ2) is 8.94. The van der Waals surface area contributed by atoms with Crippen molar-refractivity contribution in [2.24, 2.45) is 5.41 Å². The molecule has 16 heavy (non-hydrogen) atoms. The fraction of sp³-hybridized carbons (Fsp3) is 1.00. The second-order valence-corrected chi connectivity index (χ2v) is 4.49. The summed E-state index contributed by atoms with van der Waals surface area (Å²) >= 11 is 0. The van der Waals surface area contributed by atoms with E-state index in [0.717, 1.165) is 6.54 Å². The molecule has 1 N–H and O–H groups in total. The van der Waals surface area contributed by atoms with Gasteiger partial charge in [-0.05, 0) is 38.8 Å². The fourth-order valence-electron chi connectivity index (χ4n) is 2.13. The number of likely N-dealkylation sites (tertiary alicyclic amines) is 1. The predicted octanol–water partition coefficient (Wildman–Crippen LogP) is 2.86. The maximum atomic E-state index is 9.50. The largest absolute Gasteiger partial charge is 0.396 e. The molecule has 0 aromatic carbocycles. The van der Waals surface area contributed by atoms with Crippen LogP contribution in [-0.4, -0.2) is 43.4 Å². The second-order valence-electron chi connectivity index (χ2n) is 4.49. The number of nitrogens with zero attached hydrogens (tertiary/aromatic N) is 1. The van der Waals surface area contributed by atoms with E-state index >= 15 is 0 Å². The lowest BCUT2D eigenvalue weighted by Gasteiger charge is -2.29. The molecule has 2 rings (SSSR count). The van der Waals surface area contributed by atoms with E-state index in [1.54, 1.807) is 0 Å². The van der Waals surface area contributed by atoms with Crippen LogP contribution in [0.2, 0.25) is 0 Å². The third kappa shape index (κ3) is 5.26. The van der Waals surface area contributed by atoms with Crippen LogP contribution in [0.4, 0.5) is 4.39 Å². The third-order valence-corrected chi connectivity index (χ3v) is 3.30. The van der Waals surface area contributed by atoms with Gasteiger partial charge in [-0.2, -0.15) is 0 Å². The van der Waals surface area contributed by atoms with Crippen molar-refractivity contribution in [1.29, 1.82) is 0 Å². The molecule has 0 bridgehead atoms. The van der Waals surface area contributed by atoms with Gasteiger partial charge in [-0.25, -0.2) is 0 Å². The van der Waals surface area contributed by atoms with Crippen LogP contribution in [0.1, 0.15) is 46.0 Å². The molecule has 2 aliphatic rings. The Morgan fingerprint density at radius 3 is 1.94 bits per heavy atom. The van der Waals surface area contributed by atoms with E-state index in [0.29, 0.717) is 19.2 Å². The number of alkyl halides is 1. The molecule has 0 aromatic rings. The van der Waals surface area contributed by atoms with Gasteiger partial charge >= 0.3 is 0 Å². The maximum Gasteiger partial charge on any atom is 0.0785 e. The summed E-state index contributed by atoms with van der Waals surface area (Å²) in [4.78, 5) is 2.53. The summed E-state index contributed by atoms with van der Waals surface area (Å²) in [6, 6.07) is 0. The first-order valence-electron chi connectivity index (χ1n) is 6.56. The summed E-state index contributed by atoms with van der Waals surface area (Å²) in [6.45, 7) is 8.09. The van der Waals surface area contributed by atoms with Crippen LogP contribution in [-0.2, 0) is 0 Å². The smallest absolute Gasteiger partial charge is 0.0785 e. The maximum absolute atomic E-state index is 9.50. The number of hydrogen-bond acceptors (Lipinski definition) is 2. The minimum atomic E-state index is 0.331. The summed E-state index contributed by atoms with van der Waals surface area (Å²) in [5.74, 6) is 0. The van der Waals surface area contributed by atoms with Crippen LogP contribution in [0.15, 0.2) is 0 Å².